The lowest BCUT2D eigenvalue weighted by atomic mass is 10.2. The fraction of sp³-hybridized carbons (Fsp3) is 0.0714. The molecule has 5 heteroatoms. The number of nitrogens with two attached hydrogens (primary N) is 1. The summed E-state index contributed by atoms with van der Waals surface area (Å²) < 4.78 is 6.19. The summed E-state index contributed by atoms with van der Waals surface area (Å²) >= 11 is 3.25. The largest absolute Gasteiger partial charge is 0.506 e. The van der Waals surface area contributed by atoms with Crippen LogP contribution in [0.5, 0.6) is 5.75 Å². The minimum atomic E-state index is 0.0671. The molecule has 0 saturated carbocycles. The van der Waals surface area contributed by atoms with E-state index in [1.807, 2.05) is 25.1 Å². The number of nitrogen functional groups attached to an aromatic ring is 1. The molecule has 0 fully saturated rings. The van der Waals surface area contributed by atoms with Gasteiger partial charge in [-0.25, -0.2) is 4.98 Å². The summed E-state index contributed by atoms with van der Waals surface area (Å²) in [6.45, 7) is 1.98. The van der Waals surface area contributed by atoms with Gasteiger partial charge in [0.2, 0.25) is 5.89 Å². The lowest BCUT2D eigenvalue weighted by molar-refractivity contribution is 0.471. The van der Waals surface area contributed by atoms with E-state index in [1.54, 1.807) is 12.1 Å². The van der Waals surface area contributed by atoms with Crippen LogP contribution in [0.3, 0.4) is 0 Å². The Bertz CT molecular complexity index is 780. The Balaban J connectivity index is 2.24. The van der Waals surface area contributed by atoms with Crippen LogP contribution in [0.2, 0.25) is 0 Å². The number of fused-ring (bicyclic) bond motifs is 1. The molecule has 0 unspecified atom stereocenters. The topological polar surface area (TPSA) is 72.3 Å². The zero-order valence-corrected chi connectivity index (χ0v) is 11.7. The molecule has 0 spiro atoms. The van der Waals surface area contributed by atoms with Gasteiger partial charge in [-0.3, -0.25) is 0 Å². The maximum absolute atomic E-state index is 10.1. The van der Waals surface area contributed by atoms with Crippen molar-refractivity contribution < 1.29 is 9.52 Å². The summed E-state index contributed by atoms with van der Waals surface area (Å²) in [6.07, 6.45) is 0. The highest BCUT2D eigenvalue weighted by Crippen LogP contribution is 2.38. The Kier molecular flexibility index (Phi) is 2.71. The van der Waals surface area contributed by atoms with Gasteiger partial charge in [0, 0.05) is 5.69 Å². The lowest BCUT2D eigenvalue weighted by Crippen LogP contribution is -1.87. The molecule has 0 amide bonds. The third kappa shape index (κ3) is 2.06. The second-order valence-electron chi connectivity index (χ2n) is 4.39. The highest BCUT2D eigenvalue weighted by molar-refractivity contribution is 9.10. The molecule has 96 valence electrons. The van der Waals surface area contributed by atoms with E-state index in [9.17, 15) is 5.11 Å². The summed E-state index contributed by atoms with van der Waals surface area (Å²) in [5.74, 6) is 0.420. The molecule has 0 aliphatic heterocycles. The molecule has 3 N–H and O–H groups in total. The van der Waals surface area contributed by atoms with Crippen LogP contribution in [0.15, 0.2) is 39.2 Å². The van der Waals surface area contributed by atoms with E-state index in [0.29, 0.717) is 27.2 Å². The maximum atomic E-state index is 10.1. The van der Waals surface area contributed by atoms with Crippen molar-refractivity contribution in [1.82, 2.24) is 4.98 Å². The number of aromatic hydroxyl groups is 1. The monoisotopic (exact) mass is 318 g/mol. The highest BCUT2D eigenvalue weighted by atomic mass is 79.9. The molecule has 1 heterocycles. The quantitative estimate of drug-likeness (QED) is 0.528. The number of oxazole rings is 1. The predicted molar refractivity (Wildman–Crippen MR) is 78.0 cm³/mol. The van der Waals surface area contributed by atoms with Crippen LogP contribution in [-0.4, -0.2) is 10.1 Å². The highest BCUT2D eigenvalue weighted by Gasteiger charge is 2.15. The van der Waals surface area contributed by atoms with Crippen LogP contribution in [-0.2, 0) is 0 Å². The first kappa shape index (κ1) is 12.0. The molecule has 0 aliphatic rings. The average molecular weight is 319 g/mol. The van der Waals surface area contributed by atoms with Gasteiger partial charge in [-0.1, -0.05) is 6.07 Å². The zero-order valence-electron chi connectivity index (χ0n) is 10.1. The summed E-state index contributed by atoms with van der Waals surface area (Å²) in [5.41, 5.74) is 9.30. The van der Waals surface area contributed by atoms with E-state index in [0.717, 1.165) is 11.1 Å². The number of benzene rings is 2. The molecule has 3 rings (SSSR count). The Labute approximate surface area is 118 Å². The summed E-state index contributed by atoms with van der Waals surface area (Å²) in [7, 11) is 0. The number of hydrogen-bond donors (Lipinski definition) is 2. The van der Waals surface area contributed by atoms with Gasteiger partial charge < -0.3 is 15.3 Å². The molecule has 0 radical (unpaired) electrons. The standard InChI is InChI=1S/C14H11BrN2O2/c1-7-2-3-11-12(4-7)19-14(17-11)9-5-8(16)6-10(15)13(9)18/h2-6,18H,16H2,1H3. The Morgan fingerprint density at radius 2 is 2.05 bits per heavy atom. The molecule has 1 aromatic heterocycles. The van der Waals surface area contributed by atoms with Crippen LogP contribution in [0.1, 0.15) is 5.56 Å². The zero-order chi connectivity index (χ0) is 13.6. The van der Waals surface area contributed by atoms with Crippen molar-refractivity contribution in [3.8, 4) is 17.2 Å². The first-order valence-corrected chi connectivity index (χ1v) is 6.49. The fourth-order valence-electron chi connectivity index (χ4n) is 1.93. The van der Waals surface area contributed by atoms with Crippen molar-refractivity contribution in [1.29, 1.82) is 0 Å². The van der Waals surface area contributed by atoms with Crippen molar-refractivity contribution in [3.05, 3.63) is 40.4 Å². The van der Waals surface area contributed by atoms with E-state index in [1.165, 1.54) is 0 Å². The average Bonchev–Trinajstić information content (AvgIpc) is 2.76. The minimum Gasteiger partial charge on any atom is -0.506 e. The molecule has 2 aromatic carbocycles. The maximum Gasteiger partial charge on any atom is 0.231 e. The SMILES string of the molecule is Cc1ccc2nc(-c3cc(N)cc(Br)c3O)oc2c1. The number of halogens is 1. The molecule has 0 saturated heterocycles. The van der Waals surface area contributed by atoms with E-state index in [2.05, 4.69) is 20.9 Å². The normalized spacial score (nSPS) is 11.1. The van der Waals surface area contributed by atoms with Crippen molar-refractivity contribution in [3.63, 3.8) is 0 Å². The van der Waals surface area contributed by atoms with Crippen LogP contribution in [0.25, 0.3) is 22.6 Å². The van der Waals surface area contributed by atoms with Gasteiger partial charge in [0.1, 0.15) is 11.3 Å². The first-order valence-electron chi connectivity index (χ1n) is 5.70. The number of aryl methyl sites for hydroxylation is 1. The number of rotatable bonds is 1. The molecule has 0 aliphatic carbocycles. The third-order valence-corrected chi connectivity index (χ3v) is 3.46. The van der Waals surface area contributed by atoms with E-state index < -0.39 is 0 Å². The third-order valence-electron chi connectivity index (χ3n) is 2.86. The molecule has 4 nitrogen and oxygen atoms in total. The molecule has 0 atom stereocenters. The number of nitrogens with zero attached hydrogens (tertiary/aromatic N) is 1. The molecular weight excluding hydrogens is 308 g/mol. The summed E-state index contributed by atoms with van der Waals surface area (Å²) in [4.78, 5) is 4.36. The molecule has 3 aromatic rings. The molecule has 0 bridgehead atoms. The number of anilines is 1. The van der Waals surface area contributed by atoms with Gasteiger partial charge in [-0.05, 0) is 52.7 Å². The van der Waals surface area contributed by atoms with Gasteiger partial charge in [0.15, 0.2) is 5.58 Å². The van der Waals surface area contributed by atoms with Crippen molar-refractivity contribution in [2.45, 2.75) is 6.92 Å². The summed E-state index contributed by atoms with van der Waals surface area (Å²) in [5, 5.41) is 10.1. The van der Waals surface area contributed by atoms with Crippen molar-refractivity contribution in [2.24, 2.45) is 0 Å². The van der Waals surface area contributed by atoms with Gasteiger partial charge in [-0.2, -0.15) is 0 Å². The second kappa shape index (κ2) is 4.28. The predicted octanol–water partition coefficient (Wildman–Crippen LogP) is 3.85. The number of aromatic nitrogens is 1. The van der Waals surface area contributed by atoms with Gasteiger partial charge >= 0.3 is 0 Å². The van der Waals surface area contributed by atoms with Crippen molar-refractivity contribution in [2.75, 3.05) is 5.73 Å². The lowest BCUT2D eigenvalue weighted by Gasteiger charge is -2.04. The molecular formula is C14H11BrN2O2. The van der Waals surface area contributed by atoms with Crippen LogP contribution in [0.4, 0.5) is 5.69 Å². The van der Waals surface area contributed by atoms with E-state index in [-0.39, 0.29) is 5.75 Å². The Hall–Kier alpha value is -2.01. The fourth-order valence-corrected chi connectivity index (χ4v) is 2.41. The number of hydrogen-bond acceptors (Lipinski definition) is 4. The second-order valence-corrected chi connectivity index (χ2v) is 5.24. The minimum absolute atomic E-state index is 0.0671. The Morgan fingerprint density at radius 3 is 2.84 bits per heavy atom. The van der Waals surface area contributed by atoms with Gasteiger partial charge in [0.25, 0.3) is 0 Å². The van der Waals surface area contributed by atoms with E-state index >= 15 is 0 Å². The van der Waals surface area contributed by atoms with Crippen molar-refractivity contribution >= 4 is 32.7 Å². The van der Waals surface area contributed by atoms with Gasteiger partial charge in [0.05, 0.1) is 10.0 Å². The summed E-state index contributed by atoms with van der Waals surface area (Å²) in [6, 6.07) is 9.02. The van der Waals surface area contributed by atoms with Crippen LogP contribution >= 0.6 is 15.9 Å². The van der Waals surface area contributed by atoms with Crippen LogP contribution in [0, 0.1) is 6.92 Å². The van der Waals surface area contributed by atoms with Gasteiger partial charge in [-0.15, -0.1) is 0 Å². The number of phenols is 1. The molecule has 19 heavy (non-hydrogen) atoms. The van der Waals surface area contributed by atoms with Crippen LogP contribution < -0.4 is 5.73 Å². The van der Waals surface area contributed by atoms with E-state index in [4.69, 9.17) is 10.2 Å². The number of phenolic OH excluding ortho intramolecular Hbond substituents is 1. The Morgan fingerprint density at radius 1 is 1.26 bits per heavy atom. The first-order chi connectivity index (χ1) is 9.04. The smallest absolute Gasteiger partial charge is 0.231 e.